The summed E-state index contributed by atoms with van der Waals surface area (Å²) in [4.78, 5) is 4.46. The van der Waals surface area contributed by atoms with Crippen LogP contribution in [0.4, 0.5) is 0 Å². The van der Waals surface area contributed by atoms with Gasteiger partial charge < -0.3 is 0 Å². The summed E-state index contributed by atoms with van der Waals surface area (Å²) in [6.07, 6.45) is 1.37. The SMILES string of the molecule is Cc1c(C)c(C)c(S(=O)(=O)Cc2ncnn2C)c(C)c1C. The third kappa shape index (κ3) is 2.60. The van der Waals surface area contributed by atoms with Crippen LogP contribution < -0.4 is 0 Å². The van der Waals surface area contributed by atoms with Crippen molar-refractivity contribution in [2.45, 2.75) is 45.3 Å². The van der Waals surface area contributed by atoms with Gasteiger partial charge in [-0.05, 0) is 62.4 Å². The van der Waals surface area contributed by atoms with Crippen LogP contribution in [0, 0.1) is 34.6 Å². The second kappa shape index (κ2) is 5.26. The number of benzene rings is 1. The number of aryl methyl sites for hydroxylation is 1. The summed E-state index contributed by atoms with van der Waals surface area (Å²) in [5.41, 5.74) is 4.89. The molecule has 21 heavy (non-hydrogen) atoms. The molecule has 2 aromatic rings. The van der Waals surface area contributed by atoms with E-state index in [0.29, 0.717) is 10.7 Å². The van der Waals surface area contributed by atoms with Crippen LogP contribution in [0.3, 0.4) is 0 Å². The third-order valence-corrected chi connectivity index (χ3v) is 6.24. The molecule has 2 rings (SSSR count). The highest BCUT2D eigenvalue weighted by Crippen LogP contribution is 2.31. The zero-order valence-corrected chi connectivity index (χ0v) is 14.2. The fourth-order valence-corrected chi connectivity index (χ4v) is 4.61. The van der Waals surface area contributed by atoms with Gasteiger partial charge in [0.2, 0.25) is 0 Å². The van der Waals surface area contributed by atoms with E-state index in [1.54, 1.807) is 7.05 Å². The zero-order chi connectivity index (χ0) is 15.9. The molecule has 0 amide bonds. The van der Waals surface area contributed by atoms with Crippen LogP contribution in [0.5, 0.6) is 0 Å². The molecule has 1 heterocycles. The normalized spacial score (nSPS) is 11.9. The number of nitrogens with zero attached hydrogens (tertiary/aromatic N) is 3. The summed E-state index contributed by atoms with van der Waals surface area (Å²) >= 11 is 0. The number of hydrogen-bond donors (Lipinski definition) is 0. The fraction of sp³-hybridized carbons (Fsp3) is 0.467. The Labute approximate surface area is 125 Å². The first-order valence-corrected chi connectivity index (χ1v) is 8.44. The van der Waals surface area contributed by atoms with Gasteiger partial charge in [-0.1, -0.05) is 0 Å². The second-order valence-electron chi connectivity index (χ2n) is 5.51. The maximum absolute atomic E-state index is 12.8. The van der Waals surface area contributed by atoms with E-state index >= 15 is 0 Å². The molecule has 5 nitrogen and oxygen atoms in total. The predicted octanol–water partition coefficient (Wildman–Crippen LogP) is 2.33. The lowest BCUT2D eigenvalue weighted by molar-refractivity contribution is 0.589. The standard InChI is InChI=1S/C15H21N3O2S/c1-9-10(2)12(4)15(13(5)11(9)3)21(19,20)7-14-16-8-17-18(14)6/h8H,7H2,1-6H3. The molecule has 0 aliphatic heterocycles. The van der Waals surface area contributed by atoms with Gasteiger partial charge in [-0.25, -0.2) is 13.4 Å². The van der Waals surface area contributed by atoms with Crippen molar-refractivity contribution in [2.24, 2.45) is 7.05 Å². The fourth-order valence-electron chi connectivity index (χ4n) is 2.63. The number of aromatic nitrogens is 3. The molecular formula is C15H21N3O2S. The van der Waals surface area contributed by atoms with Crippen LogP contribution in [0.15, 0.2) is 11.2 Å². The van der Waals surface area contributed by atoms with Crippen molar-refractivity contribution in [1.29, 1.82) is 0 Å². The summed E-state index contributed by atoms with van der Waals surface area (Å²) in [6, 6.07) is 0. The summed E-state index contributed by atoms with van der Waals surface area (Å²) < 4.78 is 27.2. The van der Waals surface area contributed by atoms with Gasteiger partial charge in [0.25, 0.3) is 0 Å². The lowest BCUT2D eigenvalue weighted by Gasteiger charge is -2.18. The quantitative estimate of drug-likeness (QED) is 0.873. The Morgan fingerprint density at radius 1 is 0.952 bits per heavy atom. The molecule has 1 aromatic heterocycles. The van der Waals surface area contributed by atoms with Gasteiger partial charge in [0.05, 0.1) is 4.90 Å². The Hall–Kier alpha value is -1.69. The lowest BCUT2D eigenvalue weighted by atomic mass is 9.95. The van der Waals surface area contributed by atoms with Gasteiger partial charge in [-0.3, -0.25) is 4.68 Å². The molecule has 0 radical (unpaired) electrons. The van der Waals surface area contributed by atoms with E-state index in [0.717, 1.165) is 27.8 Å². The molecule has 0 bridgehead atoms. The van der Waals surface area contributed by atoms with E-state index in [9.17, 15) is 8.42 Å². The van der Waals surface area contributed by atoms with E-state index in [1.165, 1.54) is 11.0 Å². The van der Waals surface area contributed by atoms with E-state index in [-0.39, 0.29) is 5.75 Å². The molecule has 1 aromatic carbocycles. The van der Waals surface area contributed by atoms with Crippen molar-refractivity contribution in [3.8, 4) is 0 Å². The number of rotatable bonds is 3. The molecular weight excluding hydrogens is 286 g/mol. The Bertz CT molecular complexity index is 776. The van der Waals surface area contributed by atoms with Crippen LogP contribution >= 0.6 is 0 Å². The maximum Gasteiger partial charge on any atom is 0.186 e. The molecule has 0 N–H and O–H groups in total. The average Bonchev–Trinajstić information content (AvgIpc) is 2.79. The molecule has 0 fully saturated rings. The second-order valence-corrected chi connectivity index (χ2v) is 7.44. The van der Waals surface area contributed by atoms with Crippen LogP contribution in [-0.2, 0) is 22.6 Å². The Kier molecular flexibility index (Phi) is 3.93. The smallest absolute Gasteiger partial charge is 0.186 e. The topological polar surface area (TPSA) is 64.8 Å². The predicted molar refractivity (Wildman–Crippen MR) is 82.0 cm³/mol. The molecule has 0 unspecified atom stereocenters. The van der Waals surface area contributed by atoms with Crippen molar-refractivity contribution >= 4 is 9.84 Å². The monoisotopic (exact) mass is 307 g/mol. The molecule has 0 spiro atoms. The summed E-state index contributed by atoms with van der Waals surface area (Å²) in [5.74, 6) is 0.317. The van der Waals surface area contributed by atoms with Gasteiger partial charge >= 0.3 is 0 Å². The van der Waals surface area contributed by atoms with E-state index in [1.807, 2.05) is 34.6 Å². The van der Waals surface area contributed by atoms with Gasteiger partial charge in [0.15, 0.2) is 9.84 Å². The minimum atomic E-state index is -3.45. The highest BCUT2D eigenvalue weighted by Gasteiger charge is 2.25. The average molecular weight is 307 g/mol. The Morgan fingerprint density at radius 2 is 1.43 bits per heavy atom. The number of sulfone groups is 1. The molecule has 0 aliphatic rings. The highest BCUT2D eigenvalue weighted by molar-refractivity contribution is 7.90. The summed E-state index contributed by atoms with van der Waals surface area (Å²) in [5, 5.41) is 3.93. The summed E-state index contributed by atoms with van der Waals surface area (Å²) in [7, 11) is -1.75. The largest absolute Gasteiger partial charge is 0.252 e. The molecule has 0 saturated carbocycles. The number of hydrogen-bond acceptors (Lipinski definition) is 4. The highest BCUT2D eigenvalue weighted by atomic mass is 32.2. The van der Waals surface area contributed by atoms with Crippen molar-refractivity contribution in [3.05, 3.63) is 40.0 Å². The summed E-state index contributed by atoms with van der Waals surface area (Å²) in [6.45, 7) is 9.72. The van der Waals surface area contributed by atoms with E-state index in [4.69, 9.17) is 0 Å². The molecule has 0 saturated heterocycles. The van der Waals surface area contributed by atoms with Crippen LogP contribution in [-0.4, -0.2) is 23.2 Å². The van der Waals surface area contributed by atoms with Crippen LogP contribution in [0.1, 0.15) is 33.6 Å². The van der Waals surface area contributed by atoms with Crippen LogP contribution in [0.25, 0.3) is 0 Å². The van der Waals surface area contributed by atoms with Gasteiger partial charge in [0, 0.05) is 7.05 Å². The minimum absolute atomic E-state index is 0.132. The molecule has 114 valence electrons. The van der Waals surface area contributed by atoms with Gasteiger partial charge in [0.1, 0.15) is 17.9 Å². The van der Waals surface area contributed by atoms with Gasteiger partial charge in [-0.15, -0.1) is 0 Å². The van der Waals surface area contributed by atoms with Crippen molar-refractivity contribution < 1.29 is 8.42 Å². The first-order chi connectivity index (χ1) is 9.66. The van der Waals surface area contributed by atoms with E-state index in [2.05, 4.69) is 10.1 Å². The Morgan fingerprint density at radius 3 is 1.86 bits per heavy atom. The third-order valence-electron chi connectivity index (χ3n) is 4.37. The first-order valence-electron chi connectivity index (χ1n) is 6.79. The lowest BCUT2D eigenvalue weighted by Crippen LogP contribution is -2.14. The Balaban J connectivity index is 2.64. The maximum atomic E-state index is 12.8. The van der Waals surface area contributed by atoms with Crippen LogP contribution in [0.2, 0.25) is 0 Å². The zero-order valence-electron chi connectivity index (χ0n) is 13.4. The van der Waals surface area contributed by atoms with Crippen molar-refractivity contribution in [1.82, 2.24) is 14.8 Å². The molecule has 0 aliphatic carbocycles. The minimum Gasteiger partial charge on any atom is -0.252 e. The van der Waals surface area contributed by atoms with E-state index < -0.39 is 9.84 Å². The molecule has 6 heteroatoms. The van der Waals surface area contributed by atoms with Gasteiger partial charge in [-0.2, -0.15) is 5.10 Å². The molecule has 0 atom stereocenters. The van der Waals surface area contributed by atoms with Crippen molar-refractivity contribution in [3.63, 3.8) is 0 Å². The first kappa shape index (κ1) is 15.7. The van der Waals surface area contributed by atoms with Crippen molar-refractivity contribution in [2.75, 3.05) is 0 Å².